The van der Waals surface area contributed by atoms with Gasteiger partial charge >= 0.3 is 6.09 Å². The first-order valence-corrected chi connectivity index (χ1v) is 8.23. The Kier molecular flexibility index (Phi) is 10.8. The lowest BCUT2D eigenvalue weighted by Gasteiger charge is -2.28. The highest BCUT2D eigenvalue weighted by Crippen LogP contribution is 2.13. The number of unbranched alkanes of at least 4 members (excludes halogenated alkanes) is 2. The molecule has 0 radical (unpaired) electrons. The van der Waals surface area contributed by atoms with Crippen LogP contribution >= 0.6 is 0 Å². The van der Waals surface area contributed by atoms with Gasteiger partial charge in [0, 0.05) is 18.0 Å². The molecule has 0 aromatic carbocycles. The van der Waals surface area contributed by atoms with Gasteiger partial charge in [-0.15, -0.1) is 0 Å². The average Bonchev–Trinajstić information content (AvgIpc) is 2.48. The van der Waals surface area contributed by atoms with Crippen molar-refractivity contribution < 1.29 is 14.3 Å². The van der Waals surface area contributed by atoms with E-state index in [1.165, 1.54) is 0 Å². The lowest BCUT2D eigenvalue weighted by Crippen LogP contribution is -2.48. The zero-order valence-electron chi connectivity index (χ0n) is 14.9. The number of rotatable bonds is 10. The van der Waals surface area contributed by atoms with Gasteiger partial charge < -0.3 is 16.2 Å². The number of nitrogens with zero attached hydrogens (tertiary/aromatic N) is 4. The zero-order chi connectivity index (χ0) is 18.6. The minimum Gasteiger partial charge on any atom is -0.443 e. The Bertz CT molecular complexity index is 443. The summed E-state index contributed by atoms with van der Waals surface area (Å²) in [7, 11) is 0. The van der Waals surface area contributed by atoms with Crippen molar-refractivity contribution in [2.45, 2.75) is 64.5 Å². The maximum atomic E-state index is 12.5. The monoisotopic (exact) mass is 342 g/mol. The molecule has 0 saturated heterocycles. The first-order chi connectivity index (χ1) is 11.2. The van der Waals surface area contributed by atoms with Crippen molar-refractivity contribution in [2.24, 2.45) is 16.6 Å². The summed E-state index contributed by atoms with van der Waals surface area (Å²) in [5.41, 5.74) is 18.9. The van der Waals surface area contributed by atoms with Gasteiger partial charge in [0.05, 0.1) is 6.04 Å². The van der Waals surface area contributed by atoms with Crippen LogP contribution in [-0.2, 0) is 9.53 Å². The van der Waals surface area contributed by atoms with E-state index < -0.39 is 23.6 Å². The number of azide groups is 1. The minimum atomic E-state index is -0.790. The second-order valence-corrected chi connectivity index (χ2v) is 6.52. The van der Waals surface area contributed by atoms with Crippen LogP contribution < -0.4 is 11.5 Å². The summed E-state index contributed by atoms with van der Waals surface area (Å²) < 4.78 is 5.28. The van der Waals surface area contributed by atoms with E-state index >= 15 is 0 Å². The molecule has 24 heavy (non-hydrogen) atoms. The molecular weight excluding hydrogens is 312 g/mol. The number of amides is 2. The Morgan fingerprint density at radius 1 is 1.25 bits per heavy atom. The molecule has 0 saturated carbocycles. The Hall–Kier alpha value is -1.83. The Balaban J connectivity index is 4.69. The molecule has 9 nitrogen and oxygen atoms in total. The van der Waals surface area contributed by atoms with E-state index in [1.54, 1.807) is 20.8 Å². The molecule has 0 fully saturated rings. The van der Waals surface area contributed by atoms with Crippen molar-refractivity contribution in [3.8, 4) is 0 Å². The number of hydrogen-bond donors (Lipinski definition) is 2. The second kappa shape index (κ2) is 11.7. The first-order valence-electron chi connectivity index (χ1n) is 8.23. The zero-order valence-corrected chi connectivity index (χ0v) is 14.9. The van der Waals surface area contributed by atoms with E-state index in [1.807, 2.05) is 0 Å². The van der Waals surface area contributed by atoms with Crippen LogP contribution in [0.4, 0.5) is 4.79 Å². The van der Waals surface area contributed by atoms with Crippen molar-refractivity contribution in [2.75, 3.05) is 19.6 Å². The maximum Gasteiger partial charge on any atom is 0.417 e. The molecule has 0 aliphatic heterocycles. The molecule has 2 amide bonds. The van der Waals surface area contributed by atoms with E-state index in [-0.39, 0.29) is 6.54 Å². The van der Waals surface area contributed by atoms with Crippen LogP contribution in [0.2, 0.25) is 0 Å². The molecule has 0 heterocycles. The standard InChI is InChI=1S/C15H30N6O3/c1-15(2,3)24-14(23)21(11-7-5-9-16)13(22)12(17)8-4-6-10-19-20-18/h12H,4-11,16-17H2,1-3H3/t12-/m1/s1. The third kappa shape index (κ3) is 10.0. The third-order valence-electron chi connectivity index (χ3n) is 3.12. The predicted octanol–water partition coefficient (Wildman–Crippen LogP) is 2.30. The Labute approximate surface area is 143 Å². The second-order valence-electron chi connectivity index (χ2n) is 6.52. The number of hydrogen-bond acceptors (Lipinski definition) is 6. The summed E-state index contributed by atoms with van der Waals surface area (Å²) >= 11 is 0. The summed E-state index contributed by atoms with van der Waals surface area (Å²) in [4.78, 5) is 28.5. The van der Waals surface area contributed by atoms with Gasteiger partial charge in [0.2, 0.25) is 5.91 Å². The summed E-state index contributed by atoms with van der Waals surface area (Å²) in [6, 6.07) is -0.790. The fraction of sp³-hybridized carbons (Fsp3) is 0.867. The molecule has 0 aromatic heterocycles. The SMILES string of the molecule is CC(C)(C)OC(=O)N(CCCCN)C(=O)[C@H](N)CCCCN=[N+]=[N-]. The lowest BCUT2D eigenvalue weighted by molar-refractivity contribution is -0.132. The Morgan fingerprint density at radius 2 is 1.92 bits per heavy atom. The van der Waals surface area contributed by atoms with Crippen LogP contribution in [0, 0.1) is 0 Å². The van der Waals surface area contributed by atoms with Gasteiger partial charge in [0.1, 0.15) is 5.60 Å². The fourth-order valence-corrected chi connectivity index (χ4v) is 1.94. The molecule has 0 spiro atoms. The van der Waals surface area contributed by atoms with Crippen molar-refractivity contribution >= 4 is 12.0 Å². The highest BCUT2D eigenvalue weighted by molar-refractivity contribution is 5.95. The quantitative estimate of drug-likeness (QED) is 0.270. The number of ether oxygens (including phenoxy) is 1. The normalized spacial score (nSPS) is 12.2. The molecule has 4 N–H and O–H groups in total. The molecule has 0 aromatic rings. The van der Waals surface area contributed by atoms with Gasteiger partial charge in [-0.3, -0.25) is 4.79 Å². The van der Waals surface area contributed by atoms with E-state index in [9.17, 15) is 9.59 Å². The Morgan fingerprint density at radius 3 is 2.46 bits per heavy atom. The third-order valence-corrected chi connectivity index (χ3v) is 3.12. The van der Waals surface area contributed by atoms with Gasteiger partial charge in [-0.05, 0) is 58.5 Å². The van der Waals surface area contributed by atoms with Gasteiger partial charge in [0.25, 0.3) is 0 Å². The van der Waals surface area contributed by atoms with E-state index in [0.717, 1.165) is 4.90 Å². The molecule has 0 unspecified atom stereocenters. The highest BCUT2D eigenvalue weighted by Gasteiger charge is 2.29. The predicted molar refractivity (Wildman–Crippen MR) is 92.1 cm³/mol. The van der Waals surface area contributed by atoms with Crippen LogP contribution in [0.3, 0.4) is 0 Å². The van der Waals surface area contributed by atoms with Gasteiger partial charge in [-0.25, -0.2) is 9.69 Å². The number of nitrogens with two attached hydrogens (primary N) is 2. The average molecular weight is 342 g/mol. The molecule has 9 heteroatoms. The van der Waals surface area contributed by atoms with Crippen molar-refractivity contribution in [3.63, 3.8) is 0 Å². The van der Waals surface area contributed by atoms with Crippen molar-refractivity contribution in [1.82, 2.24) is 4.90 Å². The summed E-state index contributed by atoms with van der Waals surface area (Å²) in [5.74, 6) is -0.454. The van der Waals surface area contributed by atoms with Gasteiger partial charge in [0.15, 0.2) is 0 Å². The van der Waals surface area contributed by atoms with Gasteiger partial charge in [-0.1, -0.05) is 11.5 Å². The largest absolute Gasteiger partial charge is 0.443 e. The van der Waals surface area contributed by atoms with Gasteiger partial charge in [-0.2, -0.15) is 0 Å². The number of carbonyl (C=O) groups is 2. The van der Waals surface area contributed by atoms with E-state index in [0.29, 0.717) is 45.2 Å². The van der Waals surface area contributed by atoms with Crippen LogP contribution in [-0.4, -0.2) is 48.2 Å². The smallest absolute Gasteiger partial charge is 0.417 e. The maximum absolute atomic E-state index is 12.5. The van der Waals surface area contributed by atoms with Crippen LogP contribution in [0.25, 0.3) is 10.4 Å². The molecular formula is C15H30N6O3. The summed E-state index contributed by atoms with van der Waals surface area (Å²) in [6.45, 7) is 6.30. The van der Waals surface area contributed by atoms with Crippen molar-refractivity contribution in [3.05, 3.63) is 10.4 Å². The van der Waals surface area contributed by atoms with Crippen LogP contribution in [0.1, 0.15) is 52.9 Å². The molecule has 0 bridgehead atoms. The number of imide groups is 1. The molecule has 0 rings (SSSR count). The summed E-state index contributed by atoms with van der Waals surface area (Å²) in [6.07, 6.45) is 2.31. The molecule has 1 atom stereocenters. The van der Waals surface area contributed by atoms with E-state index in [2.05, 4.69) is 10.0 Å². The molecule has 0 aliphatic rings. The van der Waals surface area contributed by atoms with E-state index in [4.69, 9.17) is 21.7 Å². The minimum absolute atomic E-state index is 0.234. The van der Waals surface area contributed by atoms with Crippen LogP contribution in [0.15, 0.2) is 5.11 Å². The first kappa shape index (κ1) is 22.2. The molecule has 0 aliphatic carbocycles. The number of carbonyl (C=O) groups excluding carboxylic acids is 2. The van der Waals surface area contributed by atoms with Crippen LogP contribution in [0.5, 0.6) is 0 Å². The fourth-order valence-electron chi connectivity index (χ4n) is 1.94. The topological polar surface area (TPSA) is 147 Å². The molecule has 138 valence electrons. The lowest BCUT2D eigenvalue weighted by atomic mass is 10.1. The highest BCUT2D eigenvalue weighted by atomic mass is 16.6. The summed E-state index contributed by atoms with van der Waals surface area (Å²) in [5, 5.41) is 3.43. The van der Waals surface area contributed by atoms with Crippen molar-refractivity contribution in [1.29, 1.82) is 0 Å².